The quantitative estimate of drug-likeness (QED) is 0.829. The lowest BCUT2D eigenvalue weighted by Gasteiger charge is -2.31. The average Bonchev–Trinajstić information content (AvgIpc) is 3.17. The molecule has 0 saturated carbocycles. The van der Waals surface area contributed by atoms with Gasteiger partial charge in [0.15, 0.2) is 0 Å². The van der Waals surface area contributed by atoms with E-state index in [9.17, 15) is 4.79 Å². The van der Waals surface area contributed by atoms with Gasteiger partial charge in [-0.15, -0.1) is 0 Å². The Balaban J connectivity index is 1.57. The molecule has 2 aromatic heterocycles. The highest BCUT2D eigenvalue weighted by Gasteiger charge is 2.30. The molecule has 4 heterocycles. The van der Waals surface area contributed by atoms with E-state index in [4.69, 9.17) is 0 Å². The molecule has 8 heteroatoms. The summed E-state index contributed by atoms with van der Waals surface area (Å²) in [5.41, 5.74) is 5.06. The van der Waals surface area contributed by atoms with Crippen LogP contribution in [0.5, 0.6) is 0 Å². The molecule has 1 saturated heterocycles. The second-order valence-electron chi connectivity index (χ2n) is 7.51. The molecule has 2 aliphatic heterocycles. The molecular weight excluding hydrogens is 366 g/mol. The summed E-state index contributed by atoms with van der Waals surface area (Å²) in [5.74, 6) is 0.776. The summed E-state index contributed by atoms with van der Waals surface area (Å²) < 4.78 is 1.94. The van der Waals surface area contributed by atoms with Gasteiger partial charge in [-0.25, -0.2) is 9.78 Å². The van der Waals surface area contributed by atoms with E-state index < -0.39 is 0 Å². The molecule has 0 aliphatic carbocycles. The maximum atomic E-state index is 13.1. The lowest BCUT2D eigenvalue weighted by atomic mass is 10.1. The number of fused-ring (bicyclic) bond motifs is 1. The van der Waals surface area contributed by atoms with Gasteiger partial charge >= 0.3 is 6.03 Å². The highest BCUT2D eigenvalue weighted by atomic mass is 16.2. The SMILES string of the molecule is CCN=c1cc(C)c(NC(=O)N2CCc3c(N4CCNCC4)ccnc32)cn1C. The van der Waals surface area contributed by atoms with Crippen molar-refractivity contribution in [1.82, 2.24) is 14.9 Å². The van der Waals surface area contributed by atoms with Crippen LogP contribution in [0.15, 0.2) is 29.5 Å². The maximum Gasteiger partial charge on any atom is 0.327 e. The first kappa shape index (κ1) is 19.4. The van der Waals surface area contributed by atoms with E-state index in [1.807, 2.05) is 43.9 Å². The summed E-state index contributed by atoms with van der Waals surface area (Å²) in [6, 6.07) is 3.93. The maximum absolute atomic E-state index is 13.1. The topological polar surface area (TPSA) is 77.8 Å². The first-order valence-corrected chi connectivity index (χ1v) is 10.3. The number of urea groups is 1. The van der Waals surface area contributed by atoms with E-state index in [1.165, 1.54) is 11.3 Å². The molecule has 0 atom stereocenters. The summed E-state index contributed by atoms with van der Waals surface area (Å²) in [7, 11) is 1.94. The number of aromatic nitrogens is 2. The summed E-state index contributed by atoms with van der Waals surface area (Å²) in [6.45, 7) is 9.30. The third kappa shape index (κ3) is 3.85. The number of hydrogen-bond donors (Lipinski definition) is 2. The molecule has 2 aromatic rings. The normalized spacial score (nSPS) is 16.9. The molecule has 2 aliphatic rings. The van der Waals surface area contributed by atoms with Gasteiger partial charge in [-0.1, -0.05) is 0 Å². The predicted molar refractivity (Wildman–Crippen MR) is 116 cm³/mol. The second kappa shape index (κ2) is 8.24. The Hall–Kier alpha value is -2.87. The molecule has 29 heavy (non-hydrogen) atoms. The van der Waals surface area contributed by atoms with Gasteiger partial charge < -0.3 is 20.1 Å². The Kier molecular flexibility index (Phi) is 5.53. The molecule has 0 bridgehead atoms. The number of carbonyl (C=O) groups excluding carboxylic acids is 1. The Morgan fingerprint density at radius 2 is 2.10 bits per heavy atom. The molecule has 2 amide bonds. The molecular formula is C21H29N7O. The van der Waals surface area contributed by atoms with Crippen molar-refractivity contribution in [2.75, 3.05) is 54.4 Å². The van der Waals surface area contributed by atoms with Crippen LogP contribution in [-0.4, -0.2) is 54.9 Å². The first-order valence-electron chi connectivity index (χ1n) is 10.3. The number of nitrogens with zero attached hydrogens (tertiary/aromatic N) is 5. The van der Waals surface area contributed by atoms with E-state index in [2.05, 4.69) is 31.6 Å². The minimum atomic E-state index is -0.142. The standard InChI is InChI=1S/C21H29N7O/c1-4-23-19-13-15(2)17(14-26(19)3)25-21(29)28-10-6-16-18(5-7-24-20(16)28)27-11-8-22-9-12-27/h5,7,13-14,22H,4,6,8-12H2,1-3H3,(H,25,29). The smallest absolute Gasteiger partial charge is 0.327 e. The van der Waals surface area contributed by atoms with E-state index >= 15 is 0 Å². The molecule has 0 unspecified atom stereocenters. The molecule has 2 N–H and O–H groups in total. The number of hydrogen-bond acceptors (Lipinski definition) is 5. The van der Waals surface area contributed by atoms with Gasteiger partial charge in [0.25, 0.3) is 0 Å². The Bertz CT molecular complexity index is 975. The summed E-state index contributed by atoms with van der Waals surface area (Å²) in [5, 5.41) is 6.45. The highest BCUT2D eigenvalue weighted by Crippen LogP contribution is 2.34. The molecule has 8 nitrogen and oxygen atoms in total. The van der Waals surface area contributed by atoms with Gasteiger partial charge in [-0.2, -0.15) is 0 Å². The fourth-order valence-corrected chi connectivity index (χ4v) is 4.04. The molecule has 0 spiro atoms. The van der Waals surface area contributed by atoms with Crippen LogP contribution in [0.2, 0.25) is 0 Å². The van der Waals surface area contributed by atoms with Crippen LogP contribution in [0, 0.1) is 6.92 Å². The number of amides is 2. The molecule has 0 radical (unpaired) electrons. The predicted octanol–water partition coefficient (Wildman–Crippen LogP) is 1.65. The fraction of sp³-hybridized carbons (Fsp3) is 0.476. The van der Waals surface area contributed by atoms with Gasteiger partial charge in [-0.05, 0) is 38.0 Å². The van der Waals surface area contributed by atoms with Gasteiger partial charge in [0, 0.05) is 70.0 Å². The Labute approximate surface area is 171 Å². The summed E-state index contributed by atoms with van der Waals surface area (Å²) in [6.07, 6.45) is 4.56. The van der Waals surface area contributed by atoms with Crippen LogP contribution in [-0.2, 0) is 13.5 Å². The third-order valence-electron chi connectivity index (χ3n) is 5.57. The monoisotopic (exact) mass is 395 g/mol. The number of pyridine rings is 2. The van der Waals surface area contributed by atoms with Crippen LogP contribution >= 0.6 is 0 Å². The zero-order valence-electron chi connectivity index (χ0n) is 17.4. The lowest BCUT2D eigenvalue weighted by Crippen LogP contribution is -2.43. The van der Waals surface area contributed by atoms with Crippen LogP contribution in [0.1, 0.15) is 18.1 Å². The average molecular weight is 396 g/mol. The van der Waals surface area contributed by atoms with E-state index in [-0.39, 0.29) is 6.03 Å². The number of aryl methyl sites for hydroxylation is 2. The summed E-state index contributed by atoms with van der Waals surface area (Å²) in [4.78, 5) is 26.2. The van der Waals surface area contributed by atoms with Gasteiger partial charge in [0.1, 0.15) is 11.3 Å². The second-order valence-corrected chi connectivity index (χ2v) is 7.51. The number of carbonyl (C=O) groups is 1. The number of nitrogens with one attached hydrogen (secondary N) is 2. The minimum Gasteiger partial charge on any atom is -0.369 e. The van der Waals surface area contributed by atoms with E-state index in [0.717, 1.165) is 61.7 Å². The third-order valence-corrected chi connectivity index (χ3v) is 5.57. The van der Waals surface area contributed by atoms with Crippen molar-refractivity contribution in [3.63, 3.8) is 0 Å². The van der Waals surface area contributed by atoms with Crippen molar-refractivity contribution < 1.29 is 4.79 Å². The van der Waals surface area contributed by atoms with Crippen molar-refractivity contribution in [2.24, 2.45) is 12.0 Å². The van der Waals surface area contributed by atoms with Gasteiger partial charge in [-0.3, -0.25) is 9.89 Å². The van der Waals surface area contributed by atoms with Crippen LogP contribution in [0.4, 0.5) is 22.0 Å². The van der Waals surface area contributed by atoms with Crippen molar-refractivity contribution in [3.05, 3.63) is 41.1 Å². The number of rotatable bonds is 3. The lowest BCUT2D eigenvalue weighted by molar-refractivity contribution is 0.257. The highest BCUT2D eigenvalue weighted by molar-refractivity contribution is 6.03. The number of piperazine rings is 1. The van der Waals surface area contributed by atoms with E-state index in [0.29, 0.717) is 6.54 Å². The van der Waals surface area contributed by atoms with Gasteiger partial charge in [0.2, 0.25) is 0 Å². The van der Waals surface area contributed by atoms with Crippen LogP contribution in [0.3, 0.4) is 0 Å². The van der Waals surface area contributed by atoms with Crippen LogP contribution < -0.4 is 25.9 Å². The van der Waals surface area contributed by atoms with Crippen LogP contribution in [0.25, 0.3) is 0 Å². The van der Waals surface area contributed by atoms with Gasteiger partial charge in [0.05, 0.1) is 5.69 Å². The zero-order chi connectivity index (χ0) is 20.4. The molecule has 1 fully saturated rings. The van der Waals surface area contributed by atoms with Crippen molar-refractivity contribution in [1.29, 1.82) is 0 Å². The zero-order valence-corrected chi connectivity index (χ0v) is 17.4. The molecule has 0 aromatic carbocycles. The number of anilines is 3. The Morgan fingerprint density at radius 1 is 1.31 bits per heavy atom. The fourth-order valence-electron chi connectivity index (χ4n) is 4.04. The van der Waals surface area contributed by atoms with E-state index in [1.54, 1.807) is 4.90 Å². The first-order chi connectivity index (χ1) is 14.1. The largest absolute Gasteiger partial charge is 0.369 e. The minimum absolute atomic E-state index is 0.142. The van der Waals surface area contributed by atoms with Crippen molar-refractivity contribution >= 4 is 23.2 Å². The summed E-state index contributed by atoms with van der Waals surface area (Å²) >= 11 is 0. The van der Waals surface area contributed by atoms with Crippen molar-refractivity contribution in [3.8, 4) is 0 Å². The molecule has 154 valence electrons. The Morgan fingerprint density at radius 3 is 2.86 bits per heavy atom. The van der Waals surface area contributed by atoms with Crippen molar-refractivity contribution in [2.45, 2.75) is 20.3 Å². The molecule has 4 rings (SSSR count).